The summed E-state index contributed by atoms with van der Waals surface area (Å²) in [6.45, 7) is 6.25. The lowest BCUT2D eigenvalue weighted by molar-refractivity contribution is 0.0526. The van der Waals surface area contributed by atoms with Crippen molar-refractivity contribution in [2.45, 2.75) is 6.92 Å². The summed E-state index contributed by atoms with van der Waals surface area (Å²) in [5.41, 5.74) is 4.33. The Kier molecular flexibility index (Phi) is 5.70. The number of aliphatic hydroxyl groups excluding tert-OH is 1. The van der Waals surface area contributed by atoms with Gasteiger partial charge in [-0.15, -0.1) is 0 Å². The smallest absolute Gasteiger partial charge is 0.338 e. The number of esters is 1. The van der Waals surface area contributed by atoms with E-state index >= 15 is 0 Å². The molecule has 2 aromatic carbocycles. The maximum absolute atomic E-state index is 11.9. The van der Waals surface area contributed by atoms with Gasteiger partial charge in [0.1, 0.15) is 17.4 Å². The number of piperazine rings is 1. The summed E-state index contributed by atoms with van der Waals surface area (Å²) in [5.74, 6) is 0.321. The van der Waals surface area contributed by atoms with Gasteiger partial charge in [-0.1, -0.05) is 0 Å². The van der Waals surface area contributed by atoms with E-state index in [2.05, 4.69) is 38.9 Å². The van der Waals surface area contributed by atoms with Gasteiger partial charge >= 0.3 is 5.97 Å². The number of rotatable bonds is 5. The van der Waals surface area contributed by atoms with Crippen LogP contribution >= 0.6 is 0 Å². The molecule has 0 unspecified atom stereocenters. The topological polar surface area (TPSA) is 109 Å². The molecule has 5 rings (SSSR count). The highest BCUT2D eigenvalue weighted by molar-refractivity contribution is 6.30. The molecule has 176 valence electrons. The van der Waals surface area contributed by atoms with Gasteiger partial charge in [0, 0.05) is 37.6 Å². The normalized spacial score (nSPS) is 17.2. The molecule has 0 radical (unpaired) electrons. The van der Waals surface area contributed by atoms with E-state index in [4.69, 9.17) is 10.1 Å². The Morgan fingerprint density at radius 2 is 1.82 bits per heavy atom. The molecule has 2 aliphatic heterocycles. The average molecular weight is 461 g/mol. The number of aliphatic hydroxyl groups is 1. The van der Waals surface area contributed by atoms with E-state index in [9.17, 15) is 9.90 Å². The molecule has 1 aromatic heterocycles. The summed E-state index contributed by atoms with van der Waals surface area (Å²) < 4.78 is 5.03. The van der Waals surface area contributed by atoms with Crippen molar-refractivity contribution in [3.05, 3.63) is 59.6 Å². The van der Waals surface area contributed by atoms with Gasteiger partial charge in [-0.25, -0.2) is 9.78 Å². The van der Waals surface area contributed by atoms with Crippen LogP contribution in [-0.4, -0.2) is 78.2 Å². The molecule has 1 fully saturated rings. The first-order chi connectivity index (χ1) is 16.4. The molecule has 2 aliphatic rings. The monoisotopic (exact) mass is 460 g/mol. The zero-order valence-electron chi connectivity index (χ0n) is 19.3. The highest BCUT2D eigenvalue weighted by Gasteiger charge is 2.31. The van der Waals surface area contributed by atoms with Crippen molar-refractivity contribution in [1.29, 1.82) is 5.41 Å². The third kappa shape index (κ3) is 3.99. The van der Waals surface area contributed by atoms with Gasteiger partial charge in [0.15, 0.2) is 0 Å². The lowest BCUT2D eigenvalue weighted by Gasteiger charge is -2.34. The van der Waals surface area contributed by atoms with E-state index in [0.717, 1.165) is 42.9 Å². The molecule has 0 spiro atoms. The molecular formula is C25H28N6O3. The maximum Gasteiger partial charge on any atom is 0.338 e. The van der Waals surface area contributed by atoms with E-state index in [1.54, 1.807) is 36.1 Å². The SMILES string of the molecule is CCOC(=O)c1ccc(N2CC(O)=C(c3nc4ccc(N5CCN(C)CC5)cc4[nH]3)C2=N)cc1. The molecular weight excluding hydrogens is 432 g/mol. The van der Waals surface area contributed by atoms with Crippen LogP contribution in [0.3, 0.4) is 0 Å². The molecule has 0 aliphatic carbocycles. The lowest BCUT2D eigenvalue weighted by Crippen LogP contribution is -2.44. The highest BCUT2D eigenvalue weighted by Crippen LogP contribution is 2.32. The Balaban J connectivity index is 1.37. The van der Waals surface area contributed by atoms with Crippen LogP contribution in [-0.2, 0) is 4.74 Å². The number of nitrogens with zero attached hydrogens (tertiary/aromatic N) is 4. The van der Waals surface area contributed by atoms with Gasteiger partial charge in [0.05, 0.1) is 35.3 Å². The van der Waals surface area contributed by atoms with Crippen LogP contribution in [0.25, 0.3) is 16.6 Å². The minimum Gasteiger partial charge on any atom is -0.509 e. The minimum atomic E-state index is -0.384. The quantitative estimate of drug-likeness (QED) is 0.502. The van der Waals surface area contributed by atoms with Crippen LogP contribution in [0.1, 0.15) is 23.1 Å². The number of hydrogen-bond donors (Lipinski definition) is 3. The maximum atomic E-state index is 11.9. The summed E-state index contributed by atoms with van der Waals surface area (Å²) in [6.07, 6.45) is 0. The molecule has 9 heteroatoms. The first-order valence-corrected chi connectivity index (χ1v) is 11.4. The van der Waals surface area contributed by atoms with Gasteiger partial charge in [-0.2, -0.15) is 0 Å². The molecule has 0 amide bonds. The number of amidine groups is 1. The number of anilines is 2. The number of carbonyl (C=O) groups excluding carboxylic acids is 1. The van der Waals surface area contributed by atoms with Crippen LogP contribution in [0.2, 0.25) is 0 Å². The Morgan fingerprint density at radius 3 is 2.53 bits per heavy atom. The largest absolute Gasteiger partial charge is 0.509 e. The Hall–Kier alpha value is -3.85. The molecule has 0 bridgehead atoms. The second kappa shape index (κ2) is 8.83. The molecule has 3 aromatic rings. The van der Waals surface area contributed by atoms with Crippen molar-refractivity contribution in [3.63, 3.8) is 0 Å². The van der Waals surface area contributed by atoms with E-state index in [0.29, 0.717) is 29.3 Å². The van der Waals surface area contributed by atoms with E-state index in [-0.39, 0.29) is 24.1 Å². The number of hydrogen-bond acceptors (Lipinski definition) is 7. The minimum absolute atomic E-state index is 0.0813. The van der Waals surface area contributed by atoms with Gasteiger partial charge in [0.25, 0.3) is 0 Å². The predicted octanol–water partition coefficient (Wildman–Crippen LogP) is 3.26. The first kappa shape index (κ1) is 22.0. The summed E-state index contributed by atoms with van der Waals surface area (Å²) >= 11 is 0. The molecule has 3 N–H and O–H groups in total. The number of ether oxygens (including phenoxy) is 1. The van der Waals surface area contributed by atoms with Gasteiger partial charge in [-0.3, -0.25) is 5.41 Å². The number of aromatic amines is 1. The third-order valence-corrected chi connectivity index (χ3v) is 6.36. The van der Waals surface area contributed by atoms with Crippen molar-refractivity contribution in [2.75, 3.05) is 56.2 Å². The fourth-order valence-electron chi connectivity index (χ4n) is 4.42. The lowest BCUT2D eigenvalue weighted by atomic mass is 10.2. The summed E-state index contributed by atoms with van der Waals surface area (Å²) in [7, 11) is 2.14. The second-order valence-corrected chi connectivity index (χ2v) is 8.60. The standard InChI is InChI=1S/C25H28N6O3/c1-3-34-25(33)16-4-6-17(7-5-16)31-15-21(32)22(23(31)26)24-27-19-9-8-18(14-20(19)28-24)30-12-10-29(2)11-13-30/h4-9,14,26,32H,3,10-13,15H2,1-2H3,(H,27,28). The molecule has 0 saturated carbocycles. The Labute approximate surface area is 197 Å². The Bertz CT molecular complexity index is 1270. The number of likely N-dealkylation sites (N-methyl/N-ethyl adjacent to an activating group) is 1. The van der Waals surface area contributed by atoms with E-state index in [1.165, 1.54) is 0 Å². The van der Waals surface area contributed by atoms with Gasteiger partial charge in [-0.05, 0) is 56.4 Å². The van der Waals surface area contributed by atoms with Crippen molar-refractivity contribution in [1.82, 2.24) is 14.9 Å². The van der Waals surface area contributed by atoms with Crippen molar-refractivity contribution in [2.24, 2.45) is 0 Å². The fraction of sp³-hybridized carbons (Fsp3) is 0.320. The van der Waals surface area contributed by atoms with Crippen LogP contribution in [0.15, 0.2) is 48.2 Å². The van der Waals surface area contributed by atoms with Gasteiger partial charge in [0.2, 0.25) is 0 Å². The van der Waals surface area contributed by atoms with Gasteiger partial charge < -0.3 is 29.5 Å². The van der Waals surface area contributed by atoms with Crippen molar-refractivity contribution >= 4 is 39.8 Å². The van der Waals surface area contributed by atoms with Crippen LogP contribution in [0.5, 0.6) is 0 Å². The second-order valence-electron chi connectivity index (χ2n) is 8.60. The zero-order chi connectivity index (χ0) is 23.8. The summed E-state index contributed by atoms with van der Waals surface area (Å²) in [6, 6.07) is 13.0. The molecule has 3 heterocycles. The van der Waals surface area contributed by atoms with Crippen molar-refractivity contribution in [3.8, 4) is 0 Å². The predicted molar refractivity (Wildman–Crippen MR) is 133 cm³/mol. The highest BCUT2D eigenvalue weighted by atomic mass is 16.5. The number of benzene rings is 2. The molecule has 34 heavy (non-hydrogen) atoms. The Morgan fingerprint density at radius 1 is 1.12 bits per heavy atom. The number of H-pyrrole nitrogens is 1. The van der Waals surface area contributed by atoms with E-state index in [1.807, 2.05) is 6.07 Å². The first-order valence-electron chi connectivity index (χ1n) is 11.4. The zero-order valence-corrected chi connectivity index (χ0v) is 19.3. The average Bonchev–Trinajstić information content (AvgIpc) is 3.38. The summed E-state index contributed by atoms with van der Waals surface area (Å²) in [4.78, 5) is 26.2. The molecule has 0 atom stereocenters. The number of aromatic nitrogens is 2. The van der Waals surface area contributed by atoms with Crippen LogP contribution in [0, 0.1) is 5.41 Å². The van der Waals surface area contributed by atoms with Crippen molar-refractivity contribution < 1.29 is 14.6 Å². The number of fused-ring (bicyclic) bond motifs is 1. The number of imidazole rings is 1. The third-order valence-electron chi connectivity index (χ3n) is 6.36. The number of nitrogens with one attached hydrogen (secondary N) is 2. The number of carbonyl (C=O) groups is 1. The van der Waals surface area contributed by atoms with E-state index < -0.39 is 0 Å². The molecule has 1 saturated heterocycles. The van der Waals surface area contributed by atoms with Crippen LogP contribution < -0.4 is 9.80 Å². The molecule has 9 nitrogen and oxygen atoms in total. The summed E-state index contributed by atoms with van der Waals surface area (Å²) in [5, 5.41) is 19.4. The fourth-order valence-corrected chi connectivity index (χ4v) is 4.42. The van der Waals surface area contributed by atoms with Crippen LogP contribution in [0.4, 0.5) is 11.4 Å².